The van der Waals surface area contributed by atoms with E-state index >= 15 is 0 Å². The van der Waals surface area contributed by atoms with Crippen molar-refractivity contribution in [1.82, 2.24) is 4.90 Å². The van der Waals surface area contributed by atoms with Crippen molar-refractivity contribution in [1.29, 1.82) is 0 Å². The first-order chi connectivity index (χ1) is 24.6. The highest BCUT2D eigenvalue weighted by molar-refractivity contribution is 5.81. The molecule has 0 radical (unpaired) electrons. The molecule has 7 rings (SSSR count). The minimum atomic E-state index is -0.239. The van der Waals surface area contributed by atoms with E-state index < -0.39 is 0 Å². The van der Waals surface area contributed by atoms with Gasteiger partial charge in [-0.2, -0.15) is 0 Å². The van der Waals surface area contributed by atoms with Crippen LogP contribution in [0.4, 0.5) is 0 Å². The summed E-state index contributed by atoms with van der Waals surface area (Å²) in [7, 11) is 0. The molecule has 0 aromatic heterocycles. The molecule has 7 fully saturated rings. The fraction of sp³-hybridized carbons (Fsp3) is 0.894. The van der Waals surface area contributed by atoms with Crippen LogP contribution in [-0.2, 0) is 9.53 Å². The predicted octanol–water partition coefficient (Wildman–Crippen LogP) is 12.9. The summed E-state index contributed by atoms with van der Waals surface area (Å²) in [5.41, 5.74) is 1.85. The lowest BCUT2D eigenvalue weighted by molar-refractivity contribution is -0.144. The molecule has 0 unspecified atom stereocenters. The van der Waals surface area contributed by atoms with Gasteiger partial charge in [-0.1, -0.05) is 102 Å². The third-order valence-electron chi connectivity index (χ3n) is 16.2. The average Bonchev–Trinajstić information content (AvgIpc) is 3.19. The number of hydrogen-bond donors (Lipinski definition) is 0. The molecule has 282 valence electrons. The topological polar surface area (TPSA) is 29.5 Å². The van der Waals surface area contributed by atoms with Crippen molar-refractivity contribution in [2.45, 2.75) is 223 Å². The number of carbonyl (C=O) groups excluding carboxylic acids is 1. The van der Waals surface area contributed by atoms with E-state index in [0.29, 0.717) is 5.92 Å². The average molecular weight is 688 g/mol. The maximum absolute atomic E-state index is 11.9. The van der Waals surface area contributed by atoms with Gasteiger partial charge in [-0.3, -0.25) is 4.90 Å². The van der Waals surface area contributed by atoms with Crippen LogP contribution in [0.15, 0.2) is 24.3 Å². The van der Waals surface area contributed by atoms with Gasteiger partial charge in [0.25, 0.3) is 0 Å². The molecular weight excluding hydrogens is 611 g/mol. The van der Waals surface area contributed by atoms with Crippen LogP contribution in [0.5, 0.6) is 0 Å². The van der Waals surface area contributed by atoms with E-state index in [2.05, 4.69) is 17.6 Å². The van der Waals surface area contributed by atoms with Gasteiger partial charge >= 0.3 is 5.97 Å². The molecule has 7 saturated carbocycles. The molecule has 0 aromatic carbocycles. The Labute approximate surface area is 308 Å². The van der Waals surface area contributed by atoms with Crippen LogP contribution in [0.3, 0.4) is 0 Å². The second kappa shape index (κ2) is 18.8. The first kappa shape index (κ1) is 37.2. The lowest BCUT2D eigenvalue weighted by Gasteiger charge is -2.50. The smallest absolute Gasteiger partial charge is 0.330 e. The van der Waals surface area contributed by atoms with Crippen molar-refractivity contribution in [3.05, 3.63) is 24.3 Å². The Hall–Kier alpha value is -1.09. The molecule has 0 amide bonds. The molecule has 50 heavy (non-hydrogen) atoms. The molecule has 3 nitrogen and oxygen atoms in total. The summed E-state index contributed by atoms with van der Waals surface area (Å²) < 4.78 is 5.69. The van der Waals surface area contributed by atoms with Crippen LogP contribution in [0.25, 0.3) is 0 Å². The maximum atomic E-state index is 11.9. The number of esters is 1. The second-order valence-electron chi connectivity index (χ2n) is 19.1. The molecule has 0 aliphatic heterocycles. The fourth-order valence-electron chi connectivity index (χ4n) is 13.5. The first-order valence-electron chi connectivity index (χ1n) is 23.0. The maximum Gasteiger partial charge on any atom is 0.330 e. The zero-order valence-electron chi connectivity index (χ0n) is 32.4. The van der Waals surface area contributed by atoms with Crippen molar-refractivity contribution in [2.75, 3.05) is 0 Å². The number of hydrogen-bond acceptors (Lipinski definition) is 3. The molecule has 0 saturated heterocycles. The van der Waals surface area contributed by atoms with Gasteiger partial charge in [-0.05, 0) is 157 Å². The van der Waals surface area contributed by atoms with Gasteiger partial charge in [0.2, 0.25) is 0 Å². The molecule has 0 spiro atoms. The van der Waals surface area contributed by atoms with Crippen LogP contribution in [0.1, 0.15) is 199 Å². The largest absolute Gasteiger partial charge is 0.459 e. The second-order valence-corrected chi connectivity index (χ2v) is 19.1. The summed E-state index contributed by atoms with van der Waals surface area (Å²) in [6.07, 6.45) is 48.9. The summed E-state index contributed by atoms with van der Waals surface area (Å²) in [6, 6.07) is 2.57. The van der Waals surface area contributed by atoms with Gasteiger partial charge in [-0.25, -0.2) is 4.79 Å². The van der Waals surface area contributed by atoms with Gasteiger partial charge in [0.05, 0.1) is 0 Å². The van der Waals surface area contributed by atoms with Gasteiger partial charge in [0.15, 0.2) is 0 Å². The molecule has 0 atom stereocenters. The van der Waals surface area contributed by atoms with E-state index in [-0.39, 0.29) is 12.1 Å². The van der Waals surface area contributed by atoms with Crippen LogP contribution in [0, 0.1) is 41.4 Å². The summed E-state index contributed by atoms with van der Waals surface area (Å²) in [5.74, 6) is 6.27. The summed E-state index contributed by atoms with van der Waals surface area (Å²) in [5, 5.41) is 0. The minimum Gasteiger partial charge on any atom is -0.459 e. The monoisotopic (exact) mass is 688 g/mol. The van der Waals surface area contributed by atoms with Crippen molar-refractivity contribution in [3.8, 4) is 0 Å². The van der Waals surface area contributed by atoms with E-state index in [9.17, 15) is 4.79 Å². The molecule has 7 aliphatic carbocycles. The summed E-state index contributed by atoms with van der Waals surface area (Å²) in [4.78, 5) is 15.2. The summed E-state index contributed by atoms with van der Waals surface area (Å²) in [6.45, 7) is 3.62. The standard InChI is InChI=1S/C47H77NO2/c1-2-47(49)50-45-32-24-41(25-33-45)46(40-16-10-5-11-17-40)34-35-18-26-42(27-19-35)48(43-28-20-38(21-29-43)36-12-6-3-7-13-36)44-30-22-39(23-31-44)37-14-8-4-9-15-37/h2,34-45H,1,3-33H2. The van der Waals surface area contributed by atoms with Crippen LogP contribution >= 0.6 is 0 Å². The Kier molecular flexibility index (Phi) is 14.0. The van der Waals surface area contributed by atoms with Crippen LogP contribution in [-0.4, -0.2) is 35.1 Å². The number of allylic oxidation sites excluding steroid dienone is 2. The molecule has 3 heteroatoms. The van der Waals surface area contributed by atoms with Crippen molar-refractivity contribution < 1.29 is 9.53 Å². The molecule has 0 N–H and O–H groups in total. The van der Waals surface area contributed by atoms with Gasteiger partial charge < -0.3 is 4.74 Å². The van der Waals surface area contributed by atoms with Crippen molar-refractivity contribution in [3.63, 3.8) is 0 Å². The predicted molar refractivity (Wildman–Crippen MR) is 209 cm³/mol. The van der Waals surface area contributed by atoms with Crippen molar-refractivity contribution in [2.24, 2.45) is 41.4 Å². The highest BCUT2D eigenvalue weighted by atomic mass is 16.5. The van der Waals surface area contributed by atoms with E-state index in [1.807, 2.05) is 5.57 Å². The Morgan fingerprint density at radius 1 is 0.460 bits per heavy atom. The zero-order valence-corrected chi connectivity index (χ0v) is 32.4. The first-order valence-corrected chi connectivity index (χ1v) is 23.0. The van der Waals surface area contributed by atoms with Gasteiger partial charge in [-0.15, -0.1) is 0 Å². The Bertz CT molecular complexity index is 1010. The van der Waals surface area contributed by atoms with Gasteiger partial charge in [0, 0.05) is 24.2 Å². The quantitative estimate of drug-likeness (QED) is 0.130. The van der Waals surface area contributed by atoms with E-state index in [1.54, 1.807) is 0 Å². The Morgan fingerprint density at radius 2 is 0.860 bits per heavy atom. The number of rotatable bonds is 10. The molecule has 0 bridgehead atoms. The number of nitrogens with zero attached hydrogens (tertiary/aromatic N) is 1. The zero-order chi connectivity index (χ0) is 34.1. The summed E-state index contributed by atoms with van der Waals surface area (Å²) >= 11 is 0. The van der Waals surface area contributed by atoms with Crippen molar-refractivity contribution >= 4 is 5.97 Å². The lowest BCUT2D eigenvalue weighted by Crippen LogP contribution is -2.53. The Morgan fingerprint density at radius 3 is 1.32 bits per heavy atom. The van der Waals surface area contributed by atoms with Gasteiger partial charge in [0.1, 0.15) is 6.10 Å². The lowest BCUT2D eigenvalue weighted by atomic mass is 9.69. The number of ether oxygens (including phenoxy) is 1. The molecular formula is C47H77NO2. The highest BCUT2D eigenvalue weighted by Crippen LogP contribution is 2.46. The SMILES string of the molecule is C=CC(=O)OC1CCC(C(=CC2CCC(N(C3CCC(C4CCCCC4)CC3)C3CCC(C4CCCCC4)CC3)CC2)C2CCCCC2)CC1. The van der Waals surface area contributed by atoms with Crippen LogP contribution < -0.4 is 0 Å². The normalized spacial score (nSPS) is 37.7. The van der Waals surface area contributed by atoms with E-state index in [4.69, 9.17) is 4.74 Å². The molecule has 7 aliphatic rings. The third-order valence-corrected chi connectivity index (χ3v) is 16.2. The number of carbonyl (C=O) groups is 1. The fourth-order valence-corrected chi connectivity index (χ4v) is 13.5. The Balaban J connectivity index is 0.994. The molecule has 0 heterocycles. The van der Waals surface area contributed by atoms with E-state index in [1.165, 1.54) is 192 Å². The molecule has 0 aromatic rings. The third kappa shape index (κ3) is 9.71. The minimum absolute atomic E-state index is 0.0984. The highest BCUT2D eigenvalue weighted by Gasteiger charge is 2.40. The van der Waals surface area contributed by atoms with Crippen LogP contribution in [0.2, 0.25) is 0 Å². The van der Waals surface area contributed by atoms with E-state index in [0.717, 1.165) is 66.5 Å².